The van der Waals surface area contributed by atoms with Crippen LogP contribution < -0.4 is 0 Å². The minimum absolute atomic E-state index is 0.0854. The zero-order valence-electron chi connectivity index (χ0n) is 15.5. The number of carboxylic acid groups (broad SMARTS) is 1. The highest BCUT2D eigenvalue weighted by molar-refractivity contribution is 5.95. The lowest BCUT2D eigenvalue weighted by Crippen LogP contribution is -2.36. The molecule has 0 aromatic carbocycles. The highest BCUT2D eigenvalue weighted by Crippen LogP contribution is 2.42. The van der Waals surface area contributed by atoms with E-state index in [1.807, 2.05) is 0 Å². The van der Waals surface area contributed by atoms with Crippen LogP contribution in [0.5, 0.6) is 0 Å². The fourth-order valence-corrected chi connectivity index (χ4v) is 3.24. The summed E-state index contributed by atoms with van der Waals surface area (Å²) in [6.45, 7) is 13.7. The molecule has 1 aliphatic rings. The Balaban J connectivity index is 3.19. The molecule has 0 bridgehead atoms. The molecule has 132 valence electrons. The number of carboxylic acids is 1. The molecule has 0 heterocycles. The summed E-state index contributed by atoms with van der Waals surface area (Å²) in [4.78, 5) is 25.5. The minimum Gasteiger partial charge on any atom is -0.478 e. The van der Waals surface area contributed by atoms with Gasteiger partial charge in [-0.1, -0.05) is 45.1 Å². The second-order valence-corrected chi connectivity index (χ2v) is 6.92. The molecule has 4 nitrogen and oxygen atoms in total. The Hall–Kier alpha value is -2.10. The molecule has 4 heteroatoms. The lowest BCUT2D eigenvalue weighted by molar-refractivity contribution is -0.132. The molecular formula is C20H29NO3. The second kappa shape index (κ2) is 8.13. The van der Waals surface area contributed by atoms with Crippen LogP contribution in [0.15, 0.2) is 47.3 Å². The third kappa shape index (κ3) is 4.47. The lowest BCUT2D eigenvalue weighted by Gasteiger charge is -2.39. The van der Waals surface area contributed by atoms with Crippen molar-refractivity contribution >= 4 is 11.9 Å². The molecule has 1 amide bonds. The van der Waals surface area contributed by atoms with Gasteiger partial charge < -0.3 is 5.11 Å². The van der Waals surface area contributed by atoms with Gasteiger partial charge in [-0.15, -0.1) is 0 Å². The van der Waals surface area contributed by atoms with Gasteiger partial charge in [-0.2, -0.15) is 0 Å². The molecule has 0 aromatic rings. The van der Waals surface area contributed by atoms with Crippen LogP contribution in [0.1, 0.15) is 60.3 Å². The van der Waals surface area contributed by atoms with Crippen molar-refractivity contribution in [2.75, 3.05) is 0 Å². The smallest absolute Gasteiger partial charge is 0.331 e. The number of amides is 1. The highest BCUT2D eigenvalue weighted by Gasteiger charge is 2.34. The van der Waals surface area contributed by atoms with E-state index in [0.717, 1.165) is 25.0 Å². The van der Waals surface area contributed by atoms with Crippen LogP contribution in [0, 0.1) is 5.41 Å². The van der Waals surface area contributed by atoms with Gasteiger partial charge in [-0.05, 0) is 39.5 Å². The number of carbonyl (C=O) groups is 2. The number of rotatable bonds is 6. The third-order valence-corrected chi connectivity index (χ3v) is 4.57. The maximum absolute atomic E-state index is 12.9. The van der Waals surface area contributed by atoms with Crippen molar-refractivity contribution in [2.45, 2.75) is 60.3 Å². The Morgan fingerprint density at radius 3 is 2.42 bits per heavy atom. The van der Waals surface area contributed by atoms with Crippen LogP contribution in [0.2, 0.25) is 0 Å². The lowest BCUT2D eigenvalue weighted by atomic mass is 9.76. The van der Waals surface area contributed by atoms with E-state index < -0.39 is 5.97 Å². The number of carbonyl (C=O) groups excluding carboxylic acids is 1. The van der Waals surface area contributed by atoms with Crippen LogP contribution in [-0.4, -0.2) is 21.9 Å². The minimum atomic E-state index is -0.957. The maximum Gasteiger partial charge on any atom is 0.331 e. The van der Waals surface area contributed by atoms with Gasteiger partial charge in [0.25, 0.3) is 5.91 Å². The number of allylic oxidation sites excluding steroid dienone is 4. The van der Waals surface area contributed by atoms with Crippen molar-refractivity contribution in [3.8, 4) is 0 Å². The molecule has 0 fully saturated rings. The average Bonchev–Trinajstić information content (AvgIpc) is 2.50. The summed E-state index contributed by atoms with van der Waals surface area (Å²) in [5.41, 5.74) is 2.91. The molecule has 1 aliphatic carbocycles. The van der Waals surface area contributed by atoms with Gasteiger partial charge >= 0.3 is 5.97 Å². The van der Waals surface area contributed by atoms with Crippen molar-refractivity contribution in [1.29, 1.82) is 0 Å². The summed E-state index contributed by atoms with van der Waals surface area (Å²) < 4.78 is 0. The van der Waals surface area contributed by atoms with Crippen molar-refractivity contribution in [3.05, 3.63) is 47.3 Å². The SMILES string of the molecule is C=CN(C(=O)/C(C)=C/C=C(\CC)C(=O)O)C1=C(C)CCCC1(C)C. The second-order valence-electron chi connectivity index (χ2n) is 6.92. The summed E-state index contributed by atoms with van der Waals surface area (Å²) in [6, 6.07) is 0. The van der Waals surface area contributed by atoms with Crippen LogP contribution in [0.25, 0.3) is 0 Å². The van der Waals surface area contributed by atoms with Crippen LogP contribution in [0.3, 0.4) is 0 Å². The first-order valence-electron chi connectivity index (χ1n) is 8.42. The van der Waals surface area contributed by atoms with Crippen molar-refractivity contribution in [2.24, 2.45) is 5.41 Å². The zero-order chi connectivity index (χ0) is 18.5. The fourth-order valence-electron chi connectivity index (χ4n) is 3.24. The van der Waals surface area contributed by atoms with Crippen LogP contribution >= 0.6 is 0 Å². The molecule has 0 saturated heterocycles. The van der Waals surface area contributed by atoms with E-state index in [1.54, 1.807) is 31.0 Å². The van der Waals surface area contributed by atoms with Gasteiger partial charge in [-0.25, -0.2) is 4.79 Å². The largest absolute Gasteiger partial charge is 0.478 e. The topological polar surface area (TPSA) is 57.6 Å². The summed E-state index contributed by atoms with van der Waals surface area (Å²) >= 11 is 0. The van der Waals surface area contributed by atoms with E-state index in [4.69, 9.17) is 5.11 Å². The van der Waals surface area contributed by atoms with E-state index in [1.165, 1.54) is 11.6 Å². The molecule has 0 spiro atoms. The van der Waals surface area contributed by atoms with E-state index in [2.05, 4.69) is 27.4 Å². The number of hydrogen-bond donors (Lipinski definition) is 1. The van der Waals surface area contributed by atoms with Gasteiger partial charge in [0.15, 0.2) is 0 Å². The maximum atomic E-state index is 12.9. The van der Waals surface area contributed by atoms with Gasteiger partial charge in [0.05, 0.1) is 0 Å². The third-order valence-electron chi connectivity index (χ3n) is 4.57. The molecule has 0 unspecified atom stereocenters. The Bertz CT molecular complexity index is 621. The zero-order valence-corrected chi connectivity index (χ0v) is 15.5. The normalized spacial score (nSPS) is 18.4. The van der Waals surface area contributed by atoms with E-state index in [0.29, 0.717) is 12.0 Å². The van der Waals surface area contributed by atoms with Crippen LogP contribution in [0.4, 0.5) is 0 Å². The summed E-state index contributed by atoms with van der Waals surface area (Å²) in [5, 5.41) is 9.07. The van der Waals surface area contributed by atoms with Crippen molar-refractivity contribution < 1.29 is 14.7 Å². The first-order valence-corrected chi connectivity index (χ1v) is 8.42. The molecule has 0 aromatic heterocycles. The molecule has 0 aliphatic heterocycles. The van der Waals surface area contributed by atoms with Crippen molar-refractivity contribution in [3.63, 3.8) is 0 Å². The molecule has 0 saturated carbocycles. The molecule has 1 N–H and O–H groups in total. The quantitative estimate of drug-likeness (QED) is 0.561. The van der Waals surface area contributed by atoms with Gasteiger partial charge in [0.1, 0.15) is 0 Å². The Kier molecular flexibility index (Phi) is 6.76. The van der Waals surface area contributed by atoms with Gasteiger partial charge in [0.2, 0.25) is 0 Å². The summed E-state index contributed by atoms with van der Waals surface area (Å²) in [7, 11) is 0. The molecular weight excluding hydrogens is 302 g/mol. The van der Waals surface area contributed by atoms with E-state index >= 15 is 0 Å². The van der Waals surface area contributed by atoms with Crippen LogP contribution in [-0.2, 0) is 9.59 Å². The Morgan fingerprint density at radius 1 is 1.33 bits per heavy atom. The van der Waals surface area contributed by atoms with E-state index in [9.17, 15) is 9.59 Å². The number of hydrogen-bond acceptors (Lipinski definition) is 2. The molecule has 1 rings (SSSR count). The number of aliphatic carboxylic acids is 1. The predicted octanol–water partition coefficient (Wildman–Crippen LogP) is 4.81. The standard InChI is InChI=1S/C20H29NO3/c1-7-16(19(23)24)12-11-15(4)18(22)21(8-2)17-14(3)10-9-13-20(17,5)6/h8,11-12H,2,7,9-10,13H2,1,3-6H3,(H,23,24)/b15-11+,16-12+. The molecule has 0 radical (unpaired) electrons. The monoisotopic (exact) mass is 331 g/mol. The first kappa shape index (κ1) is 19.9. The van der Waals surface area contributed by atoms with Gasteiger partial charge in [-0.3, -0.25) is 9.69 Å². The van der Waals surface area contributed by atoms with Crippen molar-refractivity contribution in [1.82, 2.24) is 4.90 Å². The van der Waals surface area contributed by atoms with Gasteiger partial charge in [0, 0.05) is 28.5 Å². The fraction of sp³-hybridized carbons (Fsp3) is 0.500. The van der Waals surface area contributed by atoms with E-state index in [-0.39, 0.29) is 16.9 Å². The average molecular weight is 331 g/mol. The summed E-state index contributed by atoms with van der Waals surface area (Å²) in [6.07, 6.45) is 8.19. The predicted molar refractivity (Wildman–Crippen MR) is 97.1 cm³/mol. The molecule has 0 atom stereocenters. The number of nitrogens with zero attached hydrogens (tertiary/aromatic N) is 1. The summed E-state index contributed by atoms with van der Waals surface area (Å²) in [5.74, 6) is -1.12. The Morgan fingerprint density at radius 2 is 1.96 bits per heavy atom. The first-order chi connectivity index (χ1) is 11.2. The molecule has 24 heavy (non-hydrogen) atoms. The Labute approximate surface area is 145 Å². The highest BCUT2D eigenvalue weighted by atomic mass is 16.4.